The summed E-state index contributed by atoms with van der Waals surface area (Å²) in [7, 11) is 1.50. The van der Waals surface area contributed by atoms with Gasteiger partial charge in [0, 0.05) is 13.2 Å². The summed E-state index contributed by atoms with van der Waals surface area (Å²) >= 11 is 0. The van der Waals surface area contributed by atoms with Crippen LogP contribution in [0.4, 0.5) is 0 Å². The molecule has 2 unspecified atom stereocenters. The van der Waals surface area contributed by atoms with Crippen LogP contribution in [0.5, 0.6) is 11.5 Å². The van der Waals surface area contributed by atoms with Crippen molar-refractivity contribution in [3.05, 3.63) is 64.7 Å². The van der Waals surface area contributed by atoms with Gasteiger partial charge in [-0.05, 0) is 56.5 Å². The highest BCUT2D eigenvalue weighted by atomic mass is 16.5. The molecule has 2 aromatic carbocycles. The lowest BCUT2D eigenvalue weighted by atomic mass is 9.94. The zero-order valence-corrected chi connectivity index (χ0v) is 19.2. The average molecular weight is 452 g/mol. The van der Waals surface area contributed by atoms with Crippen molar-refractivity contribution in [3.63, 3.8) is 0 Å². The van der Waals surface area contributed by atoms with Gasteiger partial charge in [0.05, 0.1) is 37.0 Å². The third-order valence-corrected chi connectivity index (χ3v) is 6.06. The molecule has 1 amide bonds. The smallest absolute Gasteiger partial charge is 0.295 e. The van der Waals surface area contributed by atoms with E-state index in [2.05, 4.69) is 0 Å². The third-order valence-electron chi connectivity index (χ3n) is 6.06. The molecule has 7 heteroatoms. The zero-order chi connectivity index (χ0) is 23.5. The van der Waals surface area contributed by atoms with Crippen molar-refractivity contribution in [1.82, 2.24) is 4.90 Å². The van der Waals surface area contributed by atoms with E-state index in [0.717, 1.165) is 18.4 Å². The zero-order valence-electron chi connectivity index (χ0n) is 19.2. The predicted molar refractivity (Wildman–Crippen MR) is 123 cm³/mol. The van der Waals surface area contributed by atoms with Gasteiger partial charge in [-0.25, -0.2) is 0 Å². The fourth-order valence-corrected chi connectivity index (χ4v) is 4.52. The maximum atomic E-state index is 13.3. The van der Waals surface area contributed by atoms with Gasteiger partial charge in [0.25, 0.3) is 11.7 Å². The number of nitrogens with zero attached hydrogens (tertiary/aromatic N) is 1. The van der Waals surface area contributed by atoms with Crippen molar-refractivity contribution in [2.75, 3.05) is 26.9 Å². The molecule has 2 saturated heterocycles. The number of hydrogen-bond acceptors (Lipinski definition) is 6. The van der Waals surface area contributed by atoms with E-state index >= 15 is 0 Å². The first-order valence-electron chi connectivity index (χ1n) is 11.2. The third kappa shape index (κ3) is 4.46. The van der Waals surface area contributed by atoms with Gasteiger partial charge in [-0.2, -0.15) is 0 Å². The maximum Gasteiger partial charge on any atom is 0.295 e. The van der Waals surface area contributed by atoms with Crippen molar-refractivity contribution in [2.24, 2.45) is 0 Å². The van der Waals surface area contributed by atoms with Crippen molar-refractivity contribution in [3.8, 4) is 11.5 Å². The molecular weight excluding hydrogens is 422 g/mol. The molecule has 2 atom stereocenters. The molecule has 4 rings (SSSR count). The quantitative estimate of drug-likeness (QED) is 0.389. The molecule has 0 saturated carbocycles. The summed E-state index contributed by atoms with van der Waals surface area (Å²) in [5, 5.41) is 11.4. The van der Waals surface area contributed by atoms with E-state index in [1.165, 1.54) is 12.0 Å². The number of rotatable bonds is 7. The minimum Gasteiger partial charge on any atom is -0.507 e. The standard InChI is InChI=1S/C26H29NO6/c1-4-32-18-8-5-7-17(14-18)23-22(24(28)20-13-16(2)10-11-21(20)31-3)25(29)26(30)27(23)15-19-9-6-12-33-19/h5,7-8,10-11,13-14,19,23,28H,4,6,9,12,15H2,1-3H3/b24-22+. The second-order valence-electron chi connectivity index (χ2n) is 8.30. The van der Waals surface area contributed by atoms with E-state index in [1.54, 1.807) is 12.1 Å². The number of ether oxygens (including phenoxy) is 3. The molecule has 0 aliphatic carbocycles. The van der Waals surface area contributed by atoms with Crippen LogP contribution in [0.2, 0.25) is 0 Å². The SMILES string of the molecule is CCOc1cccc(C2/C(=C(\O)c3cc(C)ccc3OC)C(=O)C(=O)N2CC2CCCO2)c1. The van der Waals surface area contributed by atoms with Gasteiger partial charge in [-0.15, -0.1) is 0 Å². The Bertz CT molecular complexity index is 1090. The molecule has 7 nitrogen and oxygen atoms in total. The monoisotopic (exact) mass is 451 g/mol. The van der Waals surface area contributed by atoms with Gasteiger partial charge in [-0.3, -0.25) is 9.59 Å². The first kappa shape index (κ1) is 22.9. The highest BCUT2D eigenvalue weighted by Crippen LogP contribution is 2.42. The van der Waals surface area contributed by atoms with Crippen molar-refractivity contribution in [1.29, 1.82) is 0 Å². The summed E-state index contributed by atoms with van der Waals surface area (Å²) in [6, 6.07) is 11.9. The van der Waals surface area contributed by atoms with Gasteiger partial charge >= 0.3 is 0 Å². The molecule has 2 fully saturated rings. The number of aliphatic hydroxyl groups excluding tert-OH is 1. The van der Waals surface area contributed by atoms with E-state index in [9.17, 15) is 14.7 Å². The van der Waals surface area contributed by atoms with Crippen LogP contribution in [0, 0.1) is 6.92 Å². The number of amides is 1. The minimum atomic E-state index is -0.764. The fraction of sp³-hybridized carbons (Fsp3) is 0.385. The molecule has 33 heavy (non-hydrogen) atoms. The lowest BCUT2D eigenvalue weighted by Crippen LogP contribution is -2.36. The van der Waals surface area contributed by atoms with Gasteiger partial charge < -0.3 is 24.2 Å². The Morgan fingerprint density at radius 2 is 2.03 bits per heavy atom. The molecule has 2 aliphatic rings. The van der Waals surface area contributed by atoms with Crippen LogP contribution < -0.4 is 9.47 Å². The molecule has 174 valence electrons. The Hall–Kier alpha value is -3.32. The van der Waals surface area contributed by atoms with Gasteiger partial charge in [0.15, 0.2) is 0 Å². The number of Topliss-reactive ketones (excluding diaryl/α,β-unsaturated/α-hetero) is 1. The van der Waals surface area contributed by atoms with Crippen LogP contribution in [0.15, 0.2) is 48.0 Å². The van der Waals surface area contributed by atoms with Crippen LogP contribution >= 0.6 is 0 Å². The molecule has 2 aromatic rings. The lowest BCUT2D eigenvalue weighted by Gasteiger charge is -2.27. The van der Waals surface area contributed by atoms with E-state index < -0.39 is 17.7 Å². The van der Waals surface area contributed by atoms with Gasteiger partial charge in [0.1, 0.15) is 17.3 Å². The van der Waals surface area contributed by atoms with Crippen LogP contribution in [-0.4, -0.2) is 54.7 Å². The van der Waals surface area contributed by atoms with E-state index in [1.807, 2.05) is 44.2 Å². The summed E-state index contributed by atoms with van der Waals surface area (Å²) in [6.45, 7) is 5.17. The van der Waals surface area contributed by atoms with E-state index in [-0.39, 0.29) is 24.0 Å². The number of carbonyl (C=O) groups excluding carboxylic acids is 2. The molecular formula is C26H29NO6. The number of hydrogen-bond donors (Lipinski definition) is 1. The number of methoxy groups -OCH3 is 1. The minimum absolute atomic E-state index is 0.0375. The van der Waals surface area contributed by atoms with Crippen LogP contribution in [-0.2, 0) is 14.3 Å². The average Bonchev–Trinajstić information content (AvgIpc) is 3.41. The Balaban J connectivity index is 1.87. The molecule has 0 bridgehead atoms. The first-order chi connectivity index (χ1) is 15.9. The Kier molecular flexibility index (Phi) is 6.70. The van der Waals surface area contributed by atoms with Crippen molar-refractivity contribution in [2.45, 2.75) is 38.8 Å². The molecule has 0 radical (unpaired) electrons. The number of aryl methyl sites for hydroxylation is 1. The number of ketones is 1. The molecule has 1 N–H and O–H groups in total. The lowest BCUT2D eigenvalue weighted by molar-refractivity contribution is -0.140. The fourth-order valence-electron chi connectivity index (χ4n) is 4.52. The summed E-state index contributed by atoms with van der Waals surface area (Å²) in [5.41, 5.74) is 1.99. The Morgan fingerprint density at radius 3 is 2.73 bits per heavy atom. The second kappa shape index (κ2) is 9.67. The van der Waals surface area contributed by atoms with Crippen LogP contribution in [0.3, 0.4) is 0 Å². The molecule has 2 aliphatic heterocycles. The van der Waals surface area contributed by atoms with Gasteiger partial charge in [0.2, 0.25) is 0 Å². The largest absolute Gasteiger partial charge is 0.507 e. The highest BCUT2D eigenvalue weighted by Gasteiger charge is 2.47. The number of likely N-dealkylation sites (tertiary alicyclic amines) is 1. The topological polar surface area (TPSA) is 85.3 Å². The first-order valence-corrected chi connectivity index (χ1v) is 11.2. The number of aliphatic hydroxyl groups is 1. The van der Waals surface area contributed by atoms with Crippen LogP contribution in [0.25, 0.3) is 5.76 Å². The molecule has 0 spiro atoms. The maximum absolute atomic E-state index is 13.3. The van der Waals surface area contributed by atoms with Crippen LogP contribution in [0.1, 0.15) is 42.5 Å². The summed E-state index contributed by atoms with van der Waals surface area (Å²) in [6.07, 6.45) is 1.59. The number of carbonyl (C=O) groups is 2. The summed E-state index contributed by atoms with van der Waals surface area (Å²) in [4.78, 5) is 27.9. The highest BCUT2D eigenvalue weighted by molar-refractivity contribution is 6.46. The normalized spacial score (nSPS) is 22.1. The van der Waals surface area contributed by atoms with Gasteiger partial charge in [-0.1, -0.05) is 23.8 Å². The summed E-state index contributed by atoms with van der Waals surface area (Å²) in [5.74, 6) is -0.571. The van der Waals surface area contributed by atoms with E-state index in [0.29, 0.717) is 35.8 Å². The number of benzene rings is 2. The predicted octanol–water partition coefficient (Wildman–Crippen LogP) is 4.00. The second-order valence-corrected chi connectivity index (χ2v) is 8.30. The Morgan fingerprint density at radius 1 is 1.21 bits per heavy atom. The van der Waals surface area contributed by atoms with Crippen molar-refractivity contribution >= 4 is 17.4 Å². The summed E-state index contributed by atoms with van der Waals surface area (Å²) < 4.78 is 16.8. The Labute approximate surface area is 193 Å². The van der Waals surface area contributed by atoms with Crippen molar-refractivity contribution < 1.29 is 28.9 Å². The molecule has 2 heterocycles. The van der Waals surface area contributed by atoms with E-state index in [4.69, 9.17) is 14.2 Å². The molecule has 0 aromatic heterocycles.